The summed E-state index contributed by atoms with van der Waals surface area (Å²) in [5.41, 5.74) is 0.468. The topological polar surface area (TPSA) is 111 Å². The molecule has 0 aliphatic carbocycles. The standard InChI is InChI=1S/C21H19NO7S/c1-27-16-5-2-14-9-17(6-3-13(14)8-16)30(25,26)22-18(11-21(23)24)15-4-7-19-20(10-15)29-12-28-19/h2-10,18,22H,11-12H2,1H3,(H,23,24)/t18-/m1/s1. The monoisotopic (exact) mass is 429 g/mol. The van der Waals surface area contributed by atoms with Crippen LogP contribution in [-0.4, -0.2) is 33.4 Å². The van der Waals surface area contributed by atoms with E-state index < -0.39 is 28.5 Å². The van der Waals surface area contributed by atoms with Gasteiger partial charge in [0.1, 0.15) is 5.75 Å². The molecule has 30 heavy (non-hydrogen) atoms. The predicted octanol–water partition coefficient (Wildman–Crippen LogP) is 3.07. The molecule has 3 aromatic rings. The minimum atomic E-state index is -3.99. The lowest BCUT2D eigenvalue weighted by Gasteiger charge is -2.18. The Morgan fingerprint density at radius 2 is 1.80 bits per heavy atom. The summed E-state index contributed by atoms with van der Waals surface area (Å²) in [4.78, 5) is 11.4. The van der Waals surface area contributed by atoms with Gasteiger partial charge in [-0.15, -0.1) is 0 Å². The van der Waals surface area contributed by atoms with Crippen molar-refractivity contribution in [2.75, 3.05) is 13.9 Å². The normalized spacial score (nSPS) is 13.9. The molecule has 156 valence electrons. The Morgan fingerprint density at radius 3 is 2.57 bits per heavy atom. The number of aliphatic carboxylic acids is 1. The van der Waals surface area contributed by atoms with Gasteiger partial charge in [-0.1, -0.05) is 18.2 Å². The van der Waals surface area contributed by atoms with Gasteiger partial charge in [-0.2, -0.15) is 0 Å². The van der Waals surface area contributed by atoms with Crippen LogP contribution in [-0.2, 0) is 14.8 Å². The van der Waals surface area contributed by atoms with Crippen LogP contribution in [0.25, 0.3) is 10.8 Å². The smallest absolute Gasteiger partial charge is 0.305 e. The second kappa shape index (κ2) is 7.85. The molecule has 0 radical (unpaired) electrons. The Hall–Kier alpha value is -3.30. The summed E-state index contributed by atoms with van der Waals surface area (Å²) >= 11 is 0. The number of carboxylic acids is 1. The van der Waals surface area contributed by atoms with Gasteiger partial charge in [0.2, 0.25) is 16.8 Å². The van der Waals surface area contributed by atoms with Gasteiger partial charge < -0.3 is 19.3 Å². The van der Waals surface area contributed by atoms with Crippen molar-refractivity contribution in [1.29, 1.82) is 0 Å². The molecule has 1 atom stereocenters. The third kappa shape index (κ3) is 4.03. The number of sulfonamides is 1. The van der Waals surface area contributed by atoms with Gasteiger partial charge in [0, 0.05) is 0 Å². The second-order valence-electron chi connectivity index (χ2n) is 6.76. The first-order chi connectivity index (χ1) is 14.4. The Bertz CT molecular complexity index is 1220. The van der Waals surface area contributed by atoms with E-state index >= 15 is 0 Å². The Balaban J connectivity index is 1.66. The summed E-state index contributed by atoms with van der Waals surface area (Å²) < 4.78 is 44.3. The summed E-state index contributed by atoms with van der Waals surface area (Å²) in [6, 6.07) is 13.9. The highest BCUT2D eigenvalue weighted by atomic mass is 32.2. The number of benzene rings is 3. The van der Waals surface area contributed by atoms with Crippen molar-refractivity contribution >= 4 is 26.8 Å². The number of methoxy groups -OCH3 is 1. The first kappa shape index (κ1) is 20.0. The molecule has 1 heterocycles. The molecule has 4 rings (SSSR count). The molecule has 0 saturated heterocycles. The summed E-state index contributed by atoms with van der Waals surface area (Å²) in [6.45, 7) is 0.0655. The van der Waals surface area contributed by atoms with E-state index in [-0.39, 0.29) is 11.7 Å². The van der Waals surface area contributed by atoms with Gasteiger partial charge in [0.15, 0.2) is 11.5 Å². The van der Waals surface area contributed by atoms with Crippen molar-refractivity contribution < 1.29 is 32.5 Å². The molecule has 0 unspecified atom stereocenters. The average Bonchev–Trinajstić information content (AvgIpc) is 3.19. The van der Waals surface area contributed by atoms with E-state index in [1.54, 1.807) is 49.6 Å². The number of hydrogen-bond acceptors (Lipinski definition) is 6. The van der Waals surface area contributed by atoms with Crippen molar-refractivity contribution in [3.05, 3.63) is 60.2 Å². The maximum Gasteiger partial charge on any atom is 0.305 e. The average molecular weight is 429 g/mol. The highest BCUT2D eigenvalue weighted by Gasteiger charge is 2.26. The molecule has 0 saturated carbocycles. The highest BCUT2D eigenvalue weighted by Crippen LogP contribution is 2.35. The number of hydrogen-bond donors (Lipinski definition) is 2. The maximum absolute atomic E-state index is 13.0. The van der Waals surface area contributed by atoms with Gasteiger partial charge in [-0.05, 0) is 52.7 Å². The SMILES string of the molecule is COc1ccc2cc(S(=O)(=O)N[C@H](CC(=O)O)c3ccc4c(c3)OCO4)ccc2c1. The van der Waals surface area contributed by atoms with E-state index in [0.29, 0.717) is 22.8 Å². The zero-order valence-corrected chi connectivity index (χ0v) is 16.8. The van der Waals surface area contributed by atoms with Gasteiger partial charge in [0.05, 0.1) is 24.5 Å². The van der Waals surface area contributed by atoms with E-state index in [2.05, 4.69) is 4.72 Å². The molecule has 0 amide bonds. The van der Waals surface area contributed by atoms with E-state index in [9.17, 15) is 18.3 Å². The van der Waals surface area contributed by atoms with Crippen LogP contribution >= 0.6 is 0 Å². The molecular formula is C21H19NO7S. The molecule has 0 spiro atoms. The molecule has 0 aromatic heterocycles. The van der Waals surface area contributed by atoms with Gasteiger partial charge >= 0.3 is 5.97 Å². The molecule has 1 aliphatic heterocycles. The van der Waals surface area contributed by atoms with Crippen LogP contribution in [0.15, 0.2) is 59.5 Å². The highest BCUT2D eigenvalue weighted by molar-refractivity contribution is 7.89. The van der Waals surface area contributed by atoms with E-state index in [1.807, 2.05) is 0 Å². The number of fused-ring (bicyclic) bond motifs is 2. The molecule has 0 fully saturated rings. The van der Waals surface area contributed by atoms with Crippen LogP contribution < -0.4 is 18.9 Å². The van der Waals surface area contributed by atoms with Crippen LogP contribution in [0.1, 0.15) is 18.0 Å². The number of nitrogens with one attached hydrogen (secondary N) is 1. The lowest BCUT2D eigenvalue weighted by molar-refractivity contribution is -0.137. The number of carbonyl (C=O) groups is 1. The summed E-state index contributed by atoms with van der Waals surface area (Å²) in [5, 5.41) is 10.8. The number of rotatable bonds is 7. The van der Waals surface area contributed by atoms with E-state index in [1.165, 1.54) is 12.1 Å². The van der Waals surface area contributed by atoms with Crippen LogP contribution in [0, 0.1) is 0 Å². The lowest BCUT2D eigenvalue weighted by atomic mass is 10.0. The van der Waals surface area contributed by atoms with Crippen molar-refractivity contribution in [3.8, 4) is 17.2 Å². The Morgan fingerprint density at radius 1 is 1.07 bits per heavy atom. The fraction of sp³-hybridized carbons (Fsp3) is 0.190. The van der Waals surface area contributed by atoms with Crippen molar-refractivity contribution in [2.45, 2.75) is 17.4 Å². The fourth-order valence-electron chi connectivity index (χ4n) is 3.28. The Labute approximate surface area is 173 Å². The van der Waals surface area contributed by atoms with E-state index in [4.69, 9.17) is 14.2 Å². The van der Waals surface area contributed by atoms with Gasteiger partial charge in [-0.3, -0.25) is 4.79 Å². The summed E-state index contributed by atoms with van der Waals surface area (Å²) in [6.07, 6.45) is -0.427. The fourth-order valence-corrected chi connectivity index (χ4v) is 4.54. The summed E-state index contributed by atoms with van der Waals surface area (Å²) in [5.74, 6) is 0.508. The van der Waals surface area contributed by atoms with Gasteiger partial charge in [-0.25, -0.2) is 13.1 Å². The molecule has 2 N–H and O–H groups in total. The molecule has 9 heteroatoms. The molecular weight excluding hydrogens is 410 g/mol. The summed E-state index contributed by atoms with van der Waals surface area (Å²) in [7, 11) is -2.43. The van der Waals surface area contributed by atoms with Crippen LogP contribution in [0.5, 0.6) is 17.2 Å². The molecule has 1 aliphatic rings. The van der Waals surface area contributed by atoms with Crippen LogP contribution in [0.4, 0.5) is 0 Å². The van der Waals surface area contributed by atoms with Crippen molar-refractivity contribution in [2.24, 2.45) is 0 Å². The second-order valence-corrected chi connectivity index (χ2v) is 8.47. The third-order valence-corrected chi connectivity index (χ3v) is 6.27. The maximum atomic E-state index is 13.0. The van der Waals surface area contributed by atoms with Crippen LogP contribution in [0.3, 0.4) is 0 Å². The molecule has 0 bridgehead atoms. The van der Waals surface area contributed by atoms with E-state index in [0.717, 1.165) is 10.8 Å². The number of ether oxygens (including phenoxy) is 3. The zero-order valence-electron chi connectivity index (χ0n) is 16.0. The third-order valence-electron chi connectivity index (χ3n) is 4.80. The Kier molecular flexibility index (Phi) is 5.23. The zero-order chi connectivity index (χ0) is 21.3. The molecule has 8 nitrogen and oxygen atoms in total. The lowest BCUT2D eigenvalue weighted by Crippen LogP contribution is -2.30. The van der Waals surface area contributed by atoms with Gasteiger partial charge in [0.25, 0.3) is 0 Å². The largest absolute Gasteiger partial charge is 0.497 e. The minimum absolute atomic E-state index is 0.0382. The van der Waals surface area contributed by atoms with Crippen LogP contribution in [0.2, 0.25) is 0 Å². The van der Waals surface area contributed by atoms with Crippen molar-refractivity contribution in [1.82, 2.24) is 4.72 Å². The quantitative estimate of drug-likeness (QED) is 0.594. The number of carboxylic acid groups (broad SMARTS) is 1. The predicted molar refractivity (Wildman–Crippen MR) is 108 cm³/mol. The first-order valence-corrected chi connectivity index (χ1v) is 10.6. The van der Waals surface area contributed by atoms with Crippen molar-refractivity contribution in [3.63, 3.8) is 0 Å². The molecule has 3 aromatic carbocycles. The first-order valence-electron chi connectivity index (χ1n) is 9.07. The minimum Gasteiger partial charge on any atom is -0.497 e.